The van der Waals surface area contributed by atoms with Crippen molar-refractivity contribution in [3.05, 3.63) is 59.2 Å². The average Bonchev–Trinajstić information content (AvgIpc) is 2.53. The van der Waals surface area contributed by atoms with Gasteiger partial charge in [0.25, 0.3) is 0 Å². The number of aliphatic carboxylic acids is 1. The topological polar surface area (TPSA) is 55.8 Å². The molecule has 0 aliphatic rings. The van der Waals surface area contributed by atoms with Crippen LogP contribution in [0.5, 0.6) is 11.5 Å². The number of carboxylic acids is 1. The van der Waals surface area contributed by atoms with Gasteiger partial charge in [0, 0.05) is 6.42 Å². The van der Waals surface area contributed by atoms with Gasteiger partial charge >= 0.3 is 5.97 Å². The van der Waals surface area contributed by atoms with Crippen LogP contribution in [0.2, 0.25) is 0 Å². The molecule has 0 heterocycles. The SMILES string of the molecule is CCOc1cccc(COc2ccc(CCC(=O)O)cc2C)c1. The van der Waals surface area contributed by atoms with Crippen LogP contribution < -0.4 is 9.47 Å². The lowest BCUT2D eigenvalue weighted by Gasteiger charge is -2.11. The van der Waals surface area contributed by atoms with Crippen LogP contribution in [0, 0.1) is 6.92 Å². The van der Waals surface area contributed by atoms with Crippen molar-refractivity contribution in [1.29, 1.82) is 0 Å². The van der Waals surface area contributed by atoms with Gasteiger partial charge in [-0.25, -0.2) is 0 Å². The van der Waals surface area contributed by atoms with Crippen molar-refractivity contribution >= 4 is 5.97 Å². The second-order valence-electron chi connectivity index (χ2n) is 5.36. The summed E-state index contributed by atoms with van der Waals surface area (Å²) in [5.41, 5.74) is 3.06. The second-order valence-corrected chi connectivity index (χ2v) is 5.36. The number of hydrogen-bond acceptors (Lipinski definition) is 3. The van der Waals surface area contributed by atoms with Crippen LogP contribution in [-0.2, 0) is 17.8 Å². The Bertz CT molecular complexity index is 664. The Balaban J connectivity index is 1.97. The number of rotatable bonds is 8. The summed E-state index contributed by atoms with van der Waals surface area (Å²) in [4.78, 5) is 10.6. The summed E-state index contributed by atoms with van der Waals surface area (Å²) in [5.74, 6) is 0.873. The van der Waals surface area contributed by atoms with Crippen molar-refractivity contribution < 1.29 is 19.4 Å². The van der Waals surface area contributed by atoms with E-state index in [1.54, 1.807) is 0 Å². The minimum Gasteiger partial charge on any atom is -0.494 e. The molecule has 0 bridgehead atoms. The van der Waals surface area contributed by atoms with Crippen molar-refractivity contribution in [2.24, 2.45) is 0 Å². The van der Waals surface area contributed by atoms with E-state index in [1.807, 2.05) is 56.3 Å². The highest BCUT2D eigenvalue weighted by molar-refractivity contribution is 5.67. The predicted molar refractivity (Wildman–Crippen MR) is 89.1 cm³/mol. The molecular weight excluding hydrogens is 292 g/mol. The van der Waals surface area contributed by atoms with Gasteiger partial charge in [-0.15, -0.1) is 0 Å². The lowest BCUT2D eigenvalue weighted by molar-refractivity contribution is -0.136. The maximum absolute atomic E-state index is 10.6. The van der Waals surface area contributed by atoms with Crippen LogP contribution in [0.3, 0.4) is 0 Å². The Morgan fingerprint density at radius 2 is 1.91 bits per heavy atom. The highest BCUT2D eigenvalue weighted by Crippen LogP contribution is 2.22. The van der Waals surface area contributed by atoms with E-state index >= 15 is 0 Å². The minimum atomic E-state index is -0.780. The molecular formula is C19H22O4. The third-order valence-corrected chi connectivity index (χ3v) is 3.47. The first-order valence-electron chi connectivity index (χ1n) is 7.74. The lowest BCUT2D eigenvalue weighted by atomic mass is 10.1. The zero-order chi connectivity index (χ0) is 16.7. The third-order valence-electron chi connectivity index (χ3n) is 3.47. The van der Waals surface area contributed by atoms with Crippen LogP contribution in [0.1, 0.15) is 30.0 Å². The molecule has 0 spiro atoms. The maximum atomic E-state index is 10.6. The largest absolute Gasteiger partial charge is 0.494 e. The van der Waals surface area contributed by atoms with E-state index in [9.17, 15) is 4.79 Å². The van der Waals surface area contributed by atoms with E-state index in [0.29, 0.717) is 19.6 Å². The van der Waals surface area contributed by atoms with Gasteiger partial charge < -0.3 is 14.6 Å². The third kappa shape index (κ3) is 5.33. The molecule has 4 heteroatoms. The average molecular weight is 314 g/mol. The van der Waals surface area contributed by atoms with E-state index in [4.69, 9.17) is 14.6 Å². The normalized spacial score (nSPS) is 10.3. The number of ether oxygens (including phenoxy) is 2. The van der Waals surface area contributed by atoms with Crippen molar-refractivity contribution in [2.45, 2.75) is 33.3 Å². The molecule has 0 aliphatic heterocycles. The summed E-state index contributed by atoms with van der Waals surface area (Å²) in [5, 5.41) is 8.73. The first kappa shape index (κ1) is 16.9. The van der Waals surface area contributed by atoms with Crippen LogP contribution in [0.4, 0.5) is 0 Å². The first-order valence-corrected chi connectivity index (χ1v) is 7.74. The fraction of sp³-hybridized carbons (Fsp3) is 0.316. The van der Waals surface area contributed by atoms with Crippen LogP contribution in [-0.4, -0.2) is 17.7 Å². The van der Waals surface area contributed by atoms with Crippen LogP contribution >= 0.6 is 0 Å². The summed E-state index contributed by atoms with van der Waals surface area (Å²) >= 11 is 0. The Morgan fingerprint density at radius 1 is 1.09 bits per heavy atom. The quantitative estimate of drug-likeness (QED) is 0.800. The van der Waals surface area contributed by atoms with E-state index in [1.165, 1.54) is 0 Å². The summed E-state index contributed by atoms with van der Waals surface area (Å²) in [6, 6.07) is 13.6. The number of aryl methyl sites for hydroxylation is 2. The Hall–Kier alpha value is -2.49. The van der Waals surface area contributed by atoms with Gasteiger partial charge in [0.15, 0.2) is 0 Å². The molecule has 4 nitrogen and oxygen atoms in total. The van der Waals surface area contributed by atoms with Crippen LogP contribution in [0.25, 0.3) is 0 Å². The number of carbonyl (C=O) groups is 1. The van der Waals surface area contributed by atoms with E-state index in [-0.39, 0.29) is 6.42 Å². The highest BCUT2D eigenvalue weighted by Gasteiger charge is 2.05. The van der Waals surface area contributed by atoms with E-state index < -0.39 is 5.97 Å². The number of carboxylic acid groups (broad SMARTS) is 1. The molecule has 1 N–H and O–H groups in total. The molecule has 0 unspecified atom stereocenters. The molecule has 0 aromatic heterocycles. The van der Waals surface area contributed by atoms with Crippen molar-refractivity contribution in [3.63, 3.8) is 0 Å². The van der Waals surface area contributed by atoms with Crippen molar-refractivity contribution in [3.8, 4) is 11.5 Å². The van der Waals surface area contributed by atoms with Gasteiger partial charge in [0.1, 0.15) is 18.1 Å². The van der Waals surface area contributed by atoms with Crippen molar-refractivity contribution in [1.82, 2.24) is 0 Å². The van der Waals surface area contributed by atoms with E-state index in [0.717, 1.165) is 28.2 Å². The van der Waals surface area contributed by atoms with Crippen molar-refractivity contribution in [2.75, 3.05) is 6.61 Å². The van der Waals surface area contributed by atoms with Gasteiger partial charge in [-0.05, 0) is 55.2 Å². The molecule has 0 saturated carbocycles. The Labute approximate surface area is 136 Å². The molecule has 0 atom stereocenters. The monoisotopic (exact) mass is 314 g/mol. The van der Waals surface area contributed by atoms with E-state index in [2.05, 4.69) is 0 Å². The first-order chi connectivity index (χ1) is 11.1. The lowest BCUT2D eigenvalue weighted by Crippen LogP contribution is -2.00. The fourth-order valence-electron chi connectivity index (χ4n) is 2.33. The van der Waals surface area contributed by atoms with Gasteiger partial charge in [0.05, 0.1) is 6.61 Å². The minimum absolute atomic E-state index is 0.143. The van der Waals surface area contributed by atoms with Gasteiger partial charge in [-0.2, -0.15) is 0 Å². The highest BCUT2D eigenvalue weighted by atomic mass is 16.5. The molecule has 2 rings (SSSR count). The standard InChI is InChI=1S/C19H22O4/c1-3-22-17-6-4-5-16(12-17)13-23-18-9-7-15(11-14(18)2)8-10-19(20)21/h4-7,9,11-12H,3,8,10,13H2,1-2H3,(H,20,21). The molecule has 0 aliphatic carbocycles. The molecule has 0 amide bonds. The van der Waals surface area contributed by atoms with Gasteiger partial charge in [0.2, 0.25) is 0 Å². The smallest absolute Gasteiger partial charge is 0.303 e. The van der Waals surface area contributed by atoms with Crippen LogP contribution in [0.15, 0.2) is 42.5 Å². The molecule has 0 radical (unpaired) electrons. The molecule has 2 aromatic carbocycles. The molecule has 2 aromatic rings. The summed E-state index contributed by atoms with van der Waals surface area (Å²) in [6.07, 6.45) is 0.677. The second kappa shape index (κ2) is 8.22. The predicted octanol–water partition coefficient (Wildman–Crippen LogP) is 3.99. The number of benzene rings is 2. The molecule has 0 fully saturated rings. The summed E-state index contributed by atoms with van der Waals surface area (Å²) in [7, 11) is 0. The summed E-state index contributed by atoms with van der Waals surface area (Å²) in [6.45, 7) is 5.03. The maximum Gasteiger partial charge on any atom is 0.303 e. The van der Waals surface area contributed by atoms with Gasteiger partial charge in [-0.3, -0.25) is 4.79 Å². The zero-order valence-electron chi connectivity index (χ0n) is 13.5. The number of hydrogen-bond donors (Lipinski definition) is 1. The zero-order valence-corrected chi connectivity index (χ0v) is 13.5. The fourth-order valence-corrected chi connectivity index (χ4v) is 2.33. The van der Waals surface area contributed by atoms with Gasteiger partial charge in [-0.1, -0.05) is 24.3 Å². The molecule has 0 saturated heterocycles. The summed E-state index contributed by atoms with van der Waals surface area (Å²) < 4.78 is 11.3. The Kier molecular flexibility index (Phi) is 6.03. The Morgan fingerprint density at radius 3 is 2.61 bits per heavy atom. The molecule has 122 valence electrons. The molecule has 23 heavy (non-hydrogen) atoms.